The van der Waals surface area contributed by atoms with E-state index in [1.165, 1.54) is 0 Å². The van der Waals surface area contributed by atoms with E-state index < -0.39 is 13.5 Å². The Labute approximate surface area is 110 Å². The van der Waals surface area contributed by atoms with Crippen molar-refractivity contribution in [3.8, 4) is 0 Å². The van der Waals surface area contributed by atoms with Crippen molar-refractivity contribution in [1.82, 2.24) is 0 Å². The average molecular weight is 282 g/mol. The van der Waals surface area contributed by atoms with Gasteiger partial charge in [-0.15, -0.1) is 0 Å². The van der Waals surface area contributed by atoms with Gasteiger partial charge in [-0.25, -0.2) is 0 Å². The summed E-state index contributed by atoms with van der Waals surface area (Å²) in [6, 6.07) is 0. The standard InChI is InChI=1S/C12H27O5P/c1-3-5-7-16-18(15,17-8-6-4-2)11-12(9-13)10-14/h12-14H,3-11H2,1-2H3. The molecule has 0 fully saturated rings. The largest absolute Gasteiger partial charge is 0.396 e. The van der Waals surface area contributed by atoms with Crippen LogP contribution in [-0.2, 0) is 13.6 Å². The second kappa shape index (κ2) is 10.9. The Morgan fingerprint density at radius 2 is 1.44 bits per heavy atom. The molecule has 0 saturated carbocycles. The van der Waals surface area contributed by atoms with Crippen molar-refractivity contribution in [2.75, 3.05) is 32.6 Å². The average Bonchev–Trinajstić information content (AvgIpc) is 2.37. The normalized spacial score (nSPS) is 12.3. The summed E-state index contributed by atoms with van der Waals surface area (Å²) < 4.78 is 23.1. The van der Waals surface area contributed by atoms with Crippen LogP contribution in [0.3, 0.4) is 0 Å². The third-order valence-electron chi connectivity index (χ3n) is 2.57. The summed E-state index contributed by atoms with van der Waals surface area (Å²) in [7, 11) is -3.19. The summed E-state index contributed by atoms with van der Waals surface area (Å²) in [6.07, 6.45) is 3.64. The van der Waals surface area contributed by atoms with Crippen LogP contribution in [0.2, 0.25) is 0 Å². The highest BCUT2D eigenvalue weighted by Crippen LogP contribution is 2.50. The van der Waals surface area contributed by atoms with E-state index in [1.807, 2.05) is 13.8 Å². The van der Waals surface area contributed by atoms with Gasteiger partial charge in [0.2, 0.25) is 0 Å². The first-order valence-electron chi connectivity index (χ1n) is 6.71. The zero-order valence-corrected chi connectivity index (χ0v) is 12.4. The molecule has 0 atom stereocenters. The Balaban J connectivity index is 4.32. The van der Waals surface area contributed by atoms with Gasteiger partial charge in [-0.2, -0.15) is 0 Å². The summed E-state index contributed by atoms with van der Waals surface area (Å²) in [5.74, 6) is -0.445. The molecule has 110 valence electrons. The van der Waals surface area contributed by atoms with Gasteiger partial charge in [0.05, 0.1) is 19.4 Å². The molecule has 0 aliphatic heterocycles. The maximum Gasteiger partial charge on any atom is 0.331 e. The number of hydrogen-bond donors (Lipinski definition) is 2. The number of rotatable bonds is 12. The van der Waals surface area contributed by atoms with Gasteiger partial charge < -0.3 is 19.3 Å². The molecule has 0 aromatic heterocycles. The van der Waals surface area contributed by atoms with Gasteiger partial charge in [-0.05, 0) is 12.8 Å². The van der Waals surface area contributed by atoms with Crippen LogP contribution >= 0.6 is 7.60 Å². The van der Waals surface area contributed by atoms with Crippen LogP contribution in [0.15, 0.2) is 0 Å². The molecular formula is C12H27O5P. The maximum atomic E-state index is 12.4. The minimum atomic E-state index is -3.19. The molecule has 0 spiro atoms. The van der Waals surface area contributed by atoms with Crippen molar-refractivity contribution in [1.29, 1.82) is 0 Å². The molecule has 0 amide bonds. The summed E-state index contributed by atoms with van der Waals surface area (Å²) in [4.78, 5) is 0. The molecule has 2 N–H and O–H groups in total. The van der Waals surface area contributed by atoms with Crippen molar-refractivity contribution in [3.05, 3.63) is 0 Å². The lowest BCUT2D eigenvalue weighted by Gasteiger charge is -2.21. The van der Waals surface area contributed by atoms with Gasteiger partial charge in [0, 0.05) is 19.1 Å². The third kappa shape index (κ3) is 8.22. The van der Waals surface area contributed by atoms with Crippen LogP contribution in [-0.4, -0.2) is 42.8 Å². The van der Waals surface area contributed by atoms with Crippen LogP contribution in [0, 0.1) is 5.92 Å². The zero-order valence-electron chi connectivity index (χ0n) is 11.5. The molecular weight excluding hydrogens is 255 g/mol. The molecule has 5 nitrogen and oxygen atoms in total. The summed E-state index contributed by atoms with van der Waals surface area (Å²) in [5.41, 5.74) is 0. The predicted octanol–water partition coefficient (Wildman–Crippen LogP) is 2.41. The highest BCUT2D eigenvalue weighted by atomic mass is 31.2. The van der Waals surface area contributed by atoms with Gasteiger partial charge in [0.25, 0.3) is 0 Å². The molecule has 0 bridgehead atoms. The molecule has 6 heteroatoms. The molecule has 0 unspecified atom stereocenters. The van der Waals surface area contributed by atoms with Gasteiger partial charge in [-0.1, -0.05) is 26.7 Å². The topological polar surface area (TPSA) is 76.0 Å². The highest BCUT2D eigenvalue weighted by Gasteiger charge is 2.28. The van der Waals surface area contributed by atoms with Crippen LogP contribution in [0.25, 0.3) is 0 Å². The van der Waals surface area contributed by atoms with E-state index in [1.54, 1.807) is 0 Å². The third-order valence-corrected chi connectivity index (χ3v) is 4.69. The number of unbranched alkanes of at least 4 members (excludes halogenated alkanes) is 2. The van der Waals surface area contributed by atoms with E-state index >= 15 is 0 Å². The molecule has 0 aromatic rings. The molecule has 0 aliphatic carbocycles. The first kappa shape index (κ1) is 18.1. The lowest BCUT2D eigenvalue weighted by Crippen LogP contribution is -2.18. The number of aliphatic hydroxyl groups excluding tert-OH is 2. The van der Waals surface area contributed by atoms with Crippen LogP contribution in [0.4, 0.5) is 0 Å². The van der Waals surface area contributed by atoms with Crippen LogP contribution in [0.5, 0.6) is 0 Å². The lowest BCUT2D eigenvalue weighted by atomic mass is 10.2. The van der Waals surface area contributed by atoms with Crippen molar-refractivity contribution >= 4 is 7.60 Å². The first-order valence-corrected chi connectivity index (χ1v) is 8.44. The second-order valence-electron chi connectivity index (χ2n) is 4.40. The quantitative estimate of drug-likeness (QED) is 0.424. The molecule has 0 rings (SSSR count). The Morgan fingerprint density at radius 3 is 1.78 bits per heavy atom. The second-order valence-corrected chi connectivity index (χ2v) is 6.50. The lowest BCUT2D eigenvalue weighted by molar-refractivity contribution is 0.146. The fraction of sp³-hybridized carbons (Fsp3) is 1.00. The van der Waals surface area contributed by atoms with Gasteiger partial charge >= 0.3 is 7.60 Å². The molecule has 0 aromatic carbocycles. The van der Waals surface area contributed by atoms with Crippen molar-refractivity contribution in [2.24, 2.45) is 5.92 Å². The molecule has 0 aliphatic rings. The van der Waals surface area contributed by atoms with Crippen molar-refractivity contribution in [3.63, 3.8) is 0 Å². The maximum absolute atomic E-state index is 12.4. The predicted molar refractivity (Wildman–Crippen MR) is 71.9 cm³/mol. The monoisotopic (exact) mass is 282 g/mol. The van der Waals surface area contributed by atoms with E-state index in [-0.39, 0.29) is 19.4 Å². The SMILES string of the molecule is CCCCOP(=O)(CC(CO)CO)OCCCC. The number of aliphatic hydroxyl groups is 2. The summed E-state index contributed by atoms with van der Waals surface area (Å²) >= 11 is 0. The van der Waals surface area contributed by atoms with Crippen molar-refractivity contribution in [2.45, 2.75) is 39.5 Å². The summed E-state index contributed by atoms with van der Waals surface area (Å²) in [6.45, 7) is 4.41. The molecule has 18 heavy (non-hydrogen) atoms. The van der Waals surface area contributed by atoms with Gasteiger partial charge in [0.1, 0.15) is 0 Å². The van der Waals surface area contributed by atoms with E-state index in [4.69, 9.17) is 19.3 Å². The molecule has 0 heterocycles. The van der Waals surface area contributed by atoms with Gasteiger partial charge in [-0.3, -0.25) is 4.57 Å². The minimum Gasteiger partial charge on any atom is -0.396 e. The fourth-order valence-corrected chi connectivity index (χ4v) is 3.29. The minimum absolute atomic E-state index is 0.0768. The summed E-state index contributed by atoms with van der Waals surface area (Å²) in [5, 5.41) is 18.1. The van der Waals surface area contributed by atoms with E-state index in [0.717, 1.165) is 25.7 Å². The van der Waals surface area contributed by atoms with E-state index in [2.05, 4.69) is 0 Å². The number of hydrogen-bond acceptors (Lipinski definition) is 5. The van der Waals surface area contributed by atoms with Crippen LogP contribution in [0.1, 0.15) is 39.5 Å². The fourth-order valence-electron chi connectivity index (χ4n) is 1.33. The van der Waals surface area contributed by atoms with E-state index in [9.17, 15) is 4.57 Å². The Kier molecular flexibility index (Phi) is 11.0. The highest BCUT2D eigenvalue weighted by molar-refractivity contribution is 7.53. The van der Waals surface area contributed by atoms with Crippen molar-refractivity contribution < 1.29 is 23.8 Å². The van der Waals surface area contributed by atoms with Crippen LogP contribution < -0.4 is 0 Å². The molecule has 0 radical (unpaired) electrons. The Bertz CT molecular complexity index is 217. The van der Waals surface area contributed by atoms with E-state index in [0.29, 0.717) is 13.2 Å². The Hall–Kier alpha value is 0.0700. The molecule has 0 saturated heterocycles. The Morgan fingerprint density at radius 1 is 1.00 bits per heavy atom. The zero-order chi connectivity index (χ0) is 13.9. The van der Waals surface area contributed by atoms with Gasteiger partial charge in [0.15, 0.2) is 0 Å². The smallest absolute Gasteiger partial charge is 0.331 e. The first-order chi connectivity index (χ1) is 8.61.